The van der Waals surface area contributed by atoms with Gasteiger partial charge in [-0.3, -0.25) is 19.4 Å². The molecule has 6 heteroatoms. The summed E-state index contributed by atoms with van der Waals surface area (Å²) >= 11 is 0. The molecule has 0 aliphatic carbocycles. The molecule has 25 heavy (non-hydrogen) atoms. The van der Waals surface area contributed by atoms with Gasteiger partial charge in [-0.15, -0.1) is 0 Å². The van der Waals surface area contributed by atoms with E-state index < -0.39 is 0 Å². The molecule has 4 rings (SSSR count). The van der Waals surface area contributed by atoms with E-state index in [0.717, 1.165) is 39.0 Å². The van der Waals surface area contributed by atoms with E-state index >= 15 is 0 Å². The molecule has 2 aliphatic rings. The van der Waals surface area contributed by atoms with Crippen LogP contribution in [0.1, 0.15) is 30.0 Å². The second-order valence-corrected chi connectivity index (χ2v) is 7.44. The monoisotopic (exact) mass is 339 g/mol. The number of hydrogen-bond acceptors (Lipinski definition) is 4. The average molecular weight is 339 g/mol. The van der Waals surface area contributed by atoms with E-state index in [0.29, 0.717) is 5.91 Å². The minimum atomic E-state index is -0.326. The molecule has 2 aromatic heterocycles. The minimum absolute atomic E-state index is 0.192. The number of likely N-dealkylation sites (tertiary alicyclic amines) is 2. The van der Waals surface area contributed by atoms with Crippen LogP contribution in [0.3, 0.4) is 0 Å². The second kappa shape index (κ2) is 6.26. The molecule has 1 spiro atoms. The number of aryl methyl sites for hydroxylation is 1. The number of carbonyl (C=O) groups excluding carboxylic acids is 1. The standard InChI is InChI=1S/C19H25N5O/c1-22-11-3-7-19(18(22)25)14-24(12-15-4-8-20-9-5-15)13-16(19)17-6-10-21-23(17)2/h4-6,8-10,16H,3,7,11-14H2,1-2H3/t16-,19+/m0/s1. The smallest absolute Gasteiger partial charge is 0.230 e. The lowest BCUT2D eigenvalue weighted by atomic mass is 9.70. The lowest BCUT2D eigenvalue weighted by Gasteiger charge is -2.41. The Balaban J connectivity index is 1.67. The number of aromatic nitrogens is 3. The van der Waals surface area contributed by atoms with Crippen LogP contribution in [-0.4, -0.2) is 57.2 Å². The maximum absolute atomic E-state index is 13.2. The van der Waals surface area contributed by atoms with Crippen LogP contribution in [0.2, 0.25) is 0 Å². The Morgan fingerprint density at radius 3 is 2.72 bits per heavy atom. The van der Waals surface area contributed by atoms with Crippen LogP contribution in [0.4, 0.5) is 0 Å². The van der Waals surface area contributed by atoms with Crippen molar-refractivity contribution in [1.82, 2.24) is 24.6 Å². The quantitative estimate of drug-likeness (QED) is 0.853. The first-order valence-electron chi connectivity index (χ1n) is 8.95. The SMILES string of the molecule is CN1CCC[C@]2(CN(Cc3ccncc3)C[C@H]2c2ccnn2C)C1=O. The zero-order valence-corrected chi connectivity index (χ0v) is 14.9. The first-order chi connectivity index (χ1) is 12.1. The summed E-state index contributed by atoms with van der Waals surface area (Å²) in [5.41, 5.74) is 2.08. The summed E-state index contributed by atoms with van der Waals surface area (Å²) in [6, 6.07) is 6.18. The molecule has 0 radical (unpaired) electrons. The van der Waals surface area contributed by atoms with Crippen molar-refractivity contribution in [2.24, 2.45) is 12.5 Å². The number of hydrogen-bond donors (Lipinski definition) is 0. The van der Waals surface area contributed by atoms with E-state index in [9.17, 15) is 4.79 Å². The predicted octanol–water partition coefficient (Wildman–Crippen LogP) is 1.65. The molecule has 2 saturated heterocycles. The van der Waals surface area contributed by atoms with Gasteiger partial charge in [-0.2, -0.15) is 5.10 Å². The van der Waals surface area contributed by atoms with Gasteiger partial charge in [0, 0.05) is 70.5 Å². The average Bonchev–Trinajstić information content (AvgIpc) is 3.18. The van der Waals surface area contributed by atoms with Gasteiger partial charge >= 0.3 is 0 Å². The first-order valence-corrected chi connectivity index (χ1v) is 8.95. The summed E-state index contributed by atoms with van der Waals surface area (Å²) in [7, 11) is 3.92. The molecule has 2 atom stereocenters. The molecule has 1 amide bonds. The Labute approximate surface area is 148 Å². The first kappa shape index (κ1) is 16.3. The number of pyridine rings is 1. The van der Waals surface area contributed by atoms with Crippen molar-refractivity contribution in [3.63, 3.8) is 0 Å². The maximum atomic E-state index is 13.2. The van der Waals surface area contributed by atoms with Crippen LogP contribution in [0.25, 0.3) is 0 Å². The summed E-state index contributed by atoms with van der Waals surface area (Å²) in [6.45, 7) is 3.43. The third-order valence-electron chi connectivity index (χ3n) is 5.87. The van der Waals surface area contributed by atoms with E-state index in [2.05, 4.69) is 33.2 Å². The maximum Gasteiger partial charge on any atom is 0.230 e. The van der Waals surface area contributed by atoms with Gasteiger partial charge in [0.1, 0.15) is 0 Å². The Kier molecular flexibility index (Phi) is 4.07. The molecular weight excluding hydrogens is 314 g/mol. The Hall–Kier alpha value is -2.21. The summed E-state index contributed by atoms with van der Waals surface area (Å²) < 4.78 is 1.93. The molecule has 0 unspecified atom stereocenters. The fraction of sp³-hybridized carbons (Fsp3) is 0.526. The highest BCUT2D eigenvalue weighted by molar-refractivity contribution is 5.85. The summed E-state index contributed by atoms with van der Waals surface area (Å²) in [5, 5.41) is 4.36. The van der Waals surface area contributed by atoms with E-state index in [-0.39, 0.29) is 11.3 Å². The number of nitrogens with zero attached hydrogens (tertiary/aromatic N) is 5. The molecule has 0 aromatic carbocycles. The van der Waals surface area contributed by atoms with Gasteiger partial charge in [0.2, 0.25) is 5.91 Å². The van der Waals surface area contributed by atoms with Gasteiger partial charge in [0.05, 0.1) is 5.41 Å². The molecule has 0 bridgehead atoms. The molecule has 2 aromatic rings. The molecule has 6 nitrogen and oxygen atoms in total. The number of carbonyl (C=O) groups is 1. The second-order valence-electron chi connectivity index (χ2n) is 7.44. The highest BCUT2D eigenvalue weighted by Crippen LogP contribution is 2.49. The van der Waals surface area contributed by atoms with Gasteiger partial charge in [0.15, 0.2) is 0 Å². The van der Waals surface area contributed by atoms with Crippen molar-refractivity contribution in [3.05, 3.63) is 48.0 Å². The van der Waals surface area contributed by atoms with Crippen molar-refractivity contribution >= 4 is 5.91 Å². The van der Waals surface area contributed by atoms with Gasteiger partial charge in [-0.1, -0.05) is 0 Å². The summed E-state index contributed by atoms with van der Waals surface area (Å²) in [6.07, 6.45) is 7.53. The normalized spacial score (nSPS) is 27.4. The van der Waals surface area contributed by atoms with Gasteiger partial charge in [0.25, 0.3) is 0 Å². The van der Waals surface area contributed by atoms with Crippen LogP contribution in [0.5, 0.6) is 0 Å². The molecule has 2 fully saturated rings. The van der Waals surface area contributed by atoms with Crippen molar-refractivity contribution in [3.8, 4) is 0 Å². The van der Waals surface area contributed by atoms with Crippen LogP contribution < -0.4 is 0 Å². The van der Waals surface area contributed by atoms with E-state index in [1.165, 1.54) is 11.3 Å². The van der Waals surface area contributed by atoms with Gasteiger partial charge in [-0.05, 0) is 36.6 Å². The van der Waals surface area contributed by atoms with E-state index in [4.69, 9.17) is 0 Å². The Bertz CT molecular complexity index is 758. The van der Waals surface area contributed by atoms with Crippen LogP contribution in [0, 0.1) is 5.41 Å². The highest BCUT2D eigenvalue weighted by atomic mass is 16.2. The Morgan fingerprint density at radius 1 is 1.20 bits per heavy atom. The van der Waals surface area contributed by atoms with Gasteiger partial charge in [-0.25, -0.2) is 0 Å². The number of amides is 1. The number of piperidine rings is 1. The van der Waals surface area contributed by atoms with E-state index in [1.54, 1.807) is 0 Å². The van der Waals surface area contributed by atoms with Crippen molar-refractivity contribution in [2.75, 3.05) is 26.7 Å². The van der Waals surface area contributed by atoms with Crippen molar-refractivity contribution < 1.29 is 4.79 Å². The highest BCUT2D eigenvalue weighted by Gasteiger charge is 2.55. The zero-order chi connectivity index (χ0) is 17.4. The third-order valence-corrected chi connectivity index (χ3v) is 5.87. The predicted molar refractivity (Wildman–Crippen MR) is 94.8 cm³/mol. The van der Waals surface area contributed by atoms with Crippen molar-refractivity contribution in [1.29, 1.82) is 0 Å². The fourth-order valence-electron chi connectivity index (χ4n) is 4.67. The zero-order valence-electron chi connectivity index (χ0n) is 14.9. The molecule has 4 heterocycles. The minimum Gasteiger partial charge on any atom is -0.345 e. The molecule has 2 aliphatic heterocycles. The largest absolute Gasteiger partial charge is 0.345 e. The fourth-order valence-corrected chi connectivity index (χ4v) is 4.67. The molecule has 132 valence electrons. The molecular formula is C19H25N5O. The van der Waals surface area contributed by atoms with Crippen molar-refractivity contribution in [2.45, 2.75) is 25.3 Å². The third kappa shape index (κ3) is 2.74. The molecule has 0 saturated carbocycles. The lowest BCUT2D eigenvalue weighted by molar-refractivity contribution is -0.145. The Morgan fingerprint density at radius 2 is 2.00 bits per heavy atom. The molecule has 0 N–H and O–H groups in total. The lowest BCUT2D eigenvalue weighted by Crippen LogP contribution is -2.50. The van der Waals surface area contributed by atoms with Gasteiger partial charge < -0.3 is 4.90 Å². The van der Waals surface area contributed by atoms with Crippen LogP contribution in [0.15, 0.2) is 36.8 Å². The topological polar surface area (TPSA) is 54.3 Å². The number of rotatable bonds is 3. The van der Waals surface area contributed by atoms with Crippen LogP contribution >= 0.6 is 0 Å². The summed E-state index contributed by atoms with van der Waals surface area (Å²) in [4.78, 5) is 21.7. The van der Waals surface area contributed by atoms with E-state index in [1.807, 2.05) is 42.3 Å². The van der Waals surface area contributed by atoms with Crippen LogP contribution in [-0.2, 0) is 18.4 Å². The summed E-state index contributed by atoms with van der Waals surface area (Å²) in [5.74, 6) is 0.485.